The van der Waals surface area contributed by atoms with Gasteiger partial charge in [-0.15, -0.1) is 0 Å². The number of aromatic amines is 1. The molecule has 1 aliphatic carbocycles. The van der Waals surface area contributed by atoms with Crippen LogP contribution < -0.4 is 14.8 Å². The molecule has 0 aliphatic heterocycles. The Morgan fingerprint density at radius 3 is 2.42 bits per heavy atom. The summed E-state index contributed by atoms with van der Waals surface area (Å²) >= 11 is 2.09. The van der Waals surface area contributed by atoms with Crippen molar-refractivity contribution in [3.8, 4) is 11.5 Å². The second kappa shape index (κ2) is 20.7. The zero-order chi connectivity index (χ0) is 35.9. The van der Waals surface area contributed by atoms with Gasteiger partial charge in [0.1, 0.15) is 12.2 Å². The predicted molar refractivity (Wildman–Crippen MR) is 204 cm³/mol. The lowest BCUT2D eigenvalue weighted by Gasteiger charge is -2.40. The first-order valence-electron chi connectivity index (χ1n) is 18.1. The molecule has 3 aromatic rings. The number of rotatable bonds is 21. The van der Waals surface area contributed by atoms with Crippen LogP contribution >= 0.6 is 22.6 Å². The summed E-state index contributed by atoms with van der Waals surface area (Å²) in [6.07, 6.45) is 10.7. The van der Waals surface area contributed by atoms with Gasteiger partial charge >= 0.3 is 0 Å². The molecule has 1 heterocycles. The first-order chi connectivity index (χ1) is 24.3. The Morgan fingerprint density at radius 1 is 1.02 bits per heavy atom. The lowest BCUT2D eigenvalue weighted by molar-refractivity contribution is -0.138. The summed E-state index contributed by atoms with van der Waals surface area (Å²) in [6.45, 7) is 2.24. The summed E-state index contributed by atoms with van der Waals surface area (Å²) in [4.78, 5) is 32.6. The van der Waals surface area contributed by atoms with Crippen LogP contribution in [0.3, 0.4) is 0 Å². The summed E-state index contributed by atoms with van der Waals surface area (Å²) in [5, 5.41) is 34.9. The third-order valence-corrected chi connectivity index (χ3v) is 10.2. The lowest BCUT2D eigenvalue weighted by Crippen LogP contribution is -2.55. The Kier molecular flexibility index (Phi) is 16.4. The fourth-order valence-corrected chi connectivity index (χ4v) is 7.40. The Labute approximate surface area is 309 Å². The molecule has 1 aliphatic rings. The minimum Gasteiger partial charge on any atom is -0.493 e. The number of benzene rings is 2. The number of aliphatic hydroxyl groups excluding tert-OH is 3. The molecule has 0 saturated carbocycles. The van der Waals surface area contributed by atoms with Crippen LogP contribution in [0.1, 0.15) is 88.8 Å². The largest absolute Gasteiger partial charge is 0.493 e. The second-order valence-electron chi connectivity index (χ2n) is 13.1. The van der Waals surface area contributed by atoms with Crippen LogP contribution in [0.5, 0.6) is 11.5 Å². The van der Waals surface area contributed by atoms with Crippen molar-refractivity contribution in [3.05, 3.63) is 68.9 Å². The molecule has 0 bridgehead atoms. The number of carbonyl (C=O) groups excluding carboxylic acids is 2. The molecule has 4 rings (SSSR count). The Balaban J connectivity index is 1.57. The number of hydrogen-bond acceptors (Lipinski definition) is 7. The number of aromatic nitrogens is 1. The maximum absolute atomic E-state index is 14.1. The number of para-hydroxylation sites is 1. The van der Waals surface area contributed by atoms with Crippen molar-refractivity contribution < 1.29 is 34.4 Å². The van der Waals surface area contributed by atoms with E-state index in [1.807, 2.05) is 24.3 Å². The van der Waals surface area contributed by atoms with Gasteiger partial charge in [0.25, 0.3) is 0 Å². The lowest BCUT2D eigenvalue weighted by atomic mass is 9.87. The van der Waals surface area contributed by atoms with Crippen molar-refractivity contribution in [1.82, 2.24) is 15.2 Å². The number of amides is 2. The van der Waals surface area contributed by atoms with Crippen molar-refractivity contribution >= 4 is 45.3 Å². The van der Waals surface area contributed by atoms with Gasteiger partial charge < -0.3 is 40.0 Å². The molecule has 0 fully saturated rings. The Hall–Kier alpha value is -3.13. The van der Waals surface area contributed by atoms with Gasteiger partial charge in [-0.05, 0) is 70.3 Å². The molecule has 5 N–H and O–H groups in total. The van der Waals surface area contributed by atoms with E-state index in [1.165, 1.54) is 45.6 Å². The highest BCUT2D eigenvalue weighted by atomic mass is 127. The van der Waals surface area contributed by atoms with E-state index in [0.29, 0.717) is 45.6 Å². The van der Waals surface area contributed by atoms with Crippen molar-refractivity contribution in [2.45, 2.75) is 109 Å². The number of halogens is 1. The van der Waals surface area contributed by atoms with Crippen LogP contribution in [0.15, 0.2) is 54.1 Å². The van der Waals surface area contributed by atoms with Gasteiger partial charge in [0.05, 0.1) is 29.9 Å². The van der Waals surface area contributed by atoms with Crippen LogP contribution in [0.2, 0.25) is 0 Å². The van der Waals surface area contributed by atoms with E-state index in [9.17, 15) is 24.9 Å². The molecule has 2 aromatic carbocycles. The summed E-state index contributed by atoms with van der Waals surface area (Å²) in [5.74, 6) is 0.297. The predicted octanol–water partition coefficient (Wildman–Crippen LogP) is 6.18. The van der Waals surface area contributed by atoms with Crippen LogP contribution in [0.4, 0.5) is 0 Å². The zero-order valence-electron chi connectivity index (χ0n) is 29.5. The second-order valence-corrected chi connectivity index (χ2v) is 14.2. The number of nitrogens with one attached hydrogen (secondary N) is 2. The van der Waals surface area contributed by atoms with Crippen LogP contribution in [-0.2, 0) is 22.6 Å². The van der Waals surface area contributed by atoms with E-state index in [0.717, 1.165) is 35.9 Å². The standard InChI is InChI=1S/C39H54IN3O7/c1-3-4-5-6-7-8-9-10-11-16-36(46)43(19-17-30-23-28-14-12-13-15-32(28)42-30)33-24-29(39(48)41-18-20-44)25-34(37(33)47)50-38-31(40)21-27(26-45)22-35(38)49-2/h12-15,21-23,25,33-34,37,42,44-45,47H,3-11,16-20,24,26H2,1-2H3,(H,41,48). The SMILES string of the molecule is CCCCCCCCCCCC(=O)N(CCc1cc2ccccc2[nH]1)C1CC(C(=O)NCCO)=CC(Oc2c(I)cc(CO)cc2OC)C1O. The van der Waals surface area contributed by atoms with E-state index in [4.69, 9.17) is 9.47 Å². The normalized spacial score (nSPS) is 17.4. The zero-order valence-corrected chi connectivity index (χ0v) is 31.6. The van der Waals surface area contributed by atoms with Gasteiger partial charge in [0.15, 0.2) is 11.5 Å². The number of methoxy groups -OCH3 is 1. The molecule has 0 radical (unpaired) electrons. The van der Waals surface area contributed by atoms with E-state index in [2.05, 4.69) is 45.9 Å². The molecule has 10 nitrogen and oxygen atoms in total. The minimum absolute atomic E-state index is 0.0664. The number of hydrogen-bond donors (Lipinski definition) is 5. The fraction of sp³-hybridized carbons (Fsp3) is 0.538. The number of unbranched alkanes of at least 4 members (excludes halogenated alkanes) is 8. The molecule has 3 atom stereocenters. The van der Waals surface area contributed by atoms with E-state index in [1.54, 1.807) is 23.1 Å². The molecule has 3 unspecified atom stereocenters. The van der Waals surface area contributed by atoms with Gasteiger partial charge in [0.2, 0.25) is 11.8 Å². The molecule has 0 spiro atoms. The highest BCUT2D eigenvalue weighted by molar-refractivity contribution is 14.1. The van der Waals surface area contributed by atoms with Crippen molar-refractivity contribution in [1.29, 1.82) is 0 Å². The highest BCUT2D eigenvalue weighted by Crippen LogP contribution is 2.37. The van der Waals surface area contributed by atoms with Crippen LogP contribution in [0.25, 0.3) is 10.9 Å². The van der Waals surface area contributed by atoms with E-state index in [-0.39, 0.29) is 38.0 Å². The Bertz CT molecular complexity index is 1520. The van der Waals surface area contributed by atoms with Crippen molar-refractivity contribution in [2.75, 3.05) is 26.8 Å². The maximum Gasteiger partial charge on any atom is 0.247 e. The number of fused-ring (bicyclic) bond motifs is 1. The number of ether oxygens (including phenoxy) is 2. The minimum atomic E-state index is -1.16. The molecule has 274 valence electrons. The number of nitrogens with zero attached hydrogens (tertiary/aromatic N) is 1. The molecule has 50 heavy (non-hydrogen) atoms. The average molecular weight is 804 g/mol. The molecule has 11 heteroatoms. The highest BCUT2D eigenvalue weighted by Gasteiger charge is 2.40. The van der Waals surface area contributed by atoms with Gasteiger partial charge in [-0.25, -0.2) is 0 Å². The summed E-state index contributed by atoms with van der Waals surface area (Å²) < 4.78 is 12.7. The summed E-state index contributed by atoms with van der Waals surface area (Å²) in [6, 6.07) is 12.8. The van der Waals surface area contributed by atoms with Gasteiger partial charge in [-0.2, -0.15) is 0 Å². The summed E-state index contributed by atoms with van der Waals surface area (Å²) in [5.41, 5.74) is 3.00. The molecule has 2 amide bonds. The van der Waals surface area contributed by atoms with Crippen LogP contribution in [0, 0.1) is 3.57 Å². The molecule has 1 aromatic heterocycles. The van der Waals surface area contributed by atoms with Crippen LogP contribution in [-0.4, -0.2) is 82.1 Å². The molecular weight excluding hydrogens is 749 g/mol. The van der Waals surface area contributed by atoms with E-state index < -0.39 is 18.2 Å². The quantitative estimate of drug-likeness (QED) is 0.0640. The molecule has 0 saturated heterocycles. The topological polar surface area (TPSA) is 144 Å². The number of carbonyl (C=O) groups is 2. The smallest absolute Gasteiger partial charge is 0.247 e. The van der Waals surface area contributed by atoms with Gasteiger partial charge in [0, 0.05) is 49.1 Å². The number of H-pyrrole nitrogens is 1. The summed E-state index contributed by atoms with van der Waals surface area (Å²) in [7, 11) is 1.50. The van der Waals surface area contributed by atoms with Gasteiger partial charge in [-0.1, -0.05) is 76.5 Å². The molecular formula is C39H54IN3O7. The maximum atomic E-state index is 14.1. The van der Waals surface area contributed by atoms with Crippen molar-refractivity contribution in [2.24, 2.45) is 0 Å². The van der Waals surface area contributed by atoms with Gasteiger partial charge in [-0.3, -0.25) is 9.59 Å². The van der Waals surface area contributed by atoms with E-state index >= 15 is 0 Å². The third kappa shape index (κ3) is 11.2. The monoisotopic (exact) mass is 803 g/mol. The van der Waals surface area contributed by atoms with Crippen molar-refractivity contribution in [3.63, 3.8) is 0 Å². The first kappa shape index (κ1) is 39.7. The third-order valence-electron chi connectivity index (χ3n) is 9.36. The Morgan fingerprint density at radius 2 is 1.74 bits per heavy atom. The number of aliphatic hydroxyl groups is 3. The fourth-order valence-electron chi connectivity index (χ4n) is 6.61. The average Bonchev–Trinajstić information content (AvgIpc) is 3.54. The first-order valence-corrected chi connectivity index (χ1v) is 19.1.